The van der Waals surface area contributed by atoms with E-state index >= 15 is 0 Å². The van der Waals surface area contributed by atoms with Gasteiger partial charge in [0, 0.05) is 37.3 Å². The normalized spacial score (nSPS) is 10.6. The number of benzene rings is 2. The molecule has 0 spiro atoms. The molecule has 0 aliphatic heterocycles. The number of aryl methyl sites for hydroxylation is 1. The van der Waals surface area contributed by atoms with Gasteiger partial charge in [-0.25, -0.2) is 9.48 Å². The molecule has 2 amide bonds. The van der Waals surface area contributed by atoms with Gasteiger partial charge in [-0.15, -0.1) is 0 Å². The van der Waals surface area contributed by atoms with Crippen molar-refractivity contribution in [3.8, 4) is 0 Å². The molecule has 172 valence electrons. The van der Waals surface area contributed by atoms with Gasteiger partial charge in [-0.3, -0.25) is 14.4 Å². The van der Waals surface area contributed by atoms with Crippen molar-refractivity contribution < 1.29 is 19.1 Å². The van der Waals surface area contributed by atoms with Gasteiger partial charge in [0.05, 0.1) is 5.39 Å². The SMILES string of the molecule is CCCCn1nc(C(=O)OCC(=O)Nc2ccc(C(=O)N(C)C)cc2)c2ccccc2c1=O. The van der Waals surface area contributed by atoms with E-state index in [1.54, 1.807) is 62.6 Å². The summed E-state index contributed by atoms with van der Waals surface area (Å²) in [5.74, 6) is -1.49. The lowest BCUT2D eigenvalue weighted by molar-refractivity contribution is -0.119. The summed E-state index contributed by atoms with van der Waals surface area (Å²) in [4.78, 5) is 51.0. The Morgan fingerprint density at radius 3 is 2.33 bits per heavy atom. The van der Waals surface area contributed by atoms with Crippen molar-refractivity contribution >= 4 is 34.2 Å². The largest absolute Gasteiger partial charge is 0.451 e. The van der Waals surface area contributed by atoms with Crippen molar-refractivity contribution in [3.05, 3.63) is 70.1 Å². The standard InChI is InChI=1S/C24H26N4O5/c1-4-5-14-28-23(31)19-9-7-6-8-18(19)21(26-28)24(32)33-15-20(29)25-17-12-10-16(11-13-17)22(30)27(2)3/h6-13H,4-5,14-15H2,1-3H3,(H,25,29). The lowest BCUT2D eigenvalue weighted by Crippen LogP contribution is -2.28. The van der Waals surface area contributed by atoms with Gasteiger partial charge in [-0.1, -0.05) is 31.5 Å². The number of fused-ring (bicyclic) bond motifs is 1. The Labute approximate surface area is 191 Å². The fourth-order valence-corrected chi connectivity index (χ4v) is 3.20. The second kappa shape index (κ2) is 10.5. The predicted octanol–water partition coefficient (Wildman–Crippen LogP) is 2.69. The fourth-order valence-electron chi connectivity index (χ4n) is 3.20. The zero-order valence-electron chi connectivity index (χ0n) is 18.8. The van der Waals surface area contributed by atoms with Crippen LogP contribution < -0.4 is 10.9 Å². The molecular weight excluding hydrogens is 424 g/mol. The molecule has 33 heavy (non-hydrogen) atoms. The lowest BCUT2D eigenvalue weighted by Gasteiger charge is -2.12. The summed E-state index contributed by atoms with van der Waals surface area (Å²) in [6.45, 7) is 1.85. The van der Waals surface area contributed by atoms with Crippen molar-refractivity contribution in [3.63, 3.8) is 0 Å². The average Bonchev–Trinajstić information content (AvgIpc) is 2.82. The molecule has 0 saturated carbocycles. The number of aromatic nitrogens is 2. The molecule has 0 aliphatic rings. The minimum atomic E-state index is -0.793. The van der Waals surface area contributed by atoms with E-state index in [9.17, 15) is 19.2 Å². The van der Waals surface area contributed by atoms with Gasteiger partial charge in [0.25, 0.3) is 17.4 Å². The van der Waals surface area contributed by atoms with E-state index in [0.29, 0.717) is 28.6 Å². The number of carbonyl (C=O) groups excluding carboxylic acids is 3. The number of rotatable bonds is 8. The van der Waals surface area contributed by atoms with Crippen molar-refractivity contribution in [2.75, 3.05) is 26.0 Å². The summed E-state index contributed by atoms with van der Waals surface area (Å²) < 4.78 is 6.44. The van der Waals surface area contributed by atoms with E-state index in [4.69, 9.17) is 4.74 Å². The molecular formula is C24H26N4O5. The number of hydrogen-bond acceptors (Lipinski definition) is 6. The van der Waals surface area contributed by atoms with Gasteiger partial charge in [-0.05, 0) is 36.8 Å². The summed E-state index contributed by atoms with van der Waals surface area (Å²) in [5.41, 5.74) is 0.661. The van der Waals surface area contributed by atoms with Gasteiger partial charge in [0.15, 0.2) is 12.3 Å². The molecule has 2 aromatic carbocycles. The number of anilines is 1. The molecule has 0 saturated heterocycles. The molecule has 0 radical (unpaired) electrons. The number of ether oxygens (including phenoxy) is 1. The van der Waals surface area contributed by atoms with Crippen molar-refractivity contribution in [1.82, 2.24) is 14.7 Å². The van der Waals surface area contributed by atoms with Crippen LogP contribution in [0.2, 0.25) is 0 Å². The fraction of sp³-hybridized carbons (Fsp3) is 0.292. The average molecular weight is 450 g/mol. The predicted molar refractivity (Wildman–Crippen MR) is 124 cm³/mol. The molecule has 3 rings (SSSR count). The maximum absolute atomic E-state index is 12.7. The van der Waals surface area contributed by atoms with Gasteiger partial charge in [0.1, 0.15) is 0 Å². The van der Waals surface area contributed by atoms with Crippen LogP contribution in [0, 0.1) is 0 Å². The van der Waals surface area contributed by atoms with Gasteiger partial charge in [-0.2, -0.15) is 5.10 Å². The highest BCUT2D eigenvalue weighted by Crippen LogP contribution is 2.15. The van der Waals surface area contributed by atoms with Gasteiger partial charge >= 0.3 is 5.97 Å². The molecule has 9 nitrogen and oxygen atoms in total. The molecule has 1 heterocycles. The Bertz CT molecular complexity index is 1230. The Morgan fingerprint density at radius 1 is 1.03 bits per heavy atom. The van der Waals surface area contributed by atoms with Crippen LogP contribution in [0.15, 0.2) is 53.3 Å². The number of amides is 2. The first kappa shape index (κ1) is 23.6. The van der Waals surface area contributed by atoms with Crippen LogP contribution in [0.3, 0.4) is 0 Å². The highest BCUT2D eigenvalue weighted by molar-refractivity contribution is 6.03. The molecule has 0 bridgehead atoms. The number of carbonyl (C=O) groups is 3. The summed E-state index contributed by atoms with van der Waals surface area (Å²) in [7, 11) is 3.31. The van der Waals surface area contributed by atoms with E-state index in [1.807, 2.05) is 6.92 Å². The van der Waals surface area contributed by atoms with Crippen LogP contribution >= 0.6 is 0 Å². The minimum Gasteiger partial charge on any atom is -0.451 e. The maximum Gasteiger partial charge on any atom is 0.359 e. The van der Waals surface area contributed by atoms with Crippen LogP contribution in [0.1, 0.15) is 40.6 Å². The molecule has 3 aromatic rings. The number of esters is 1. The minimum absolute atomic E-state index is 0.0133. The second-order valence-corrected chi connectivity index (χ2v) is 7.68. The smallest absolute Gasteiger partial charge is 0.359 e. The Morgan fingerprint density at radius 2 is 1.70 bits per heavy atom. The third-order valence-corrected chi connectivity index (χ3v) is 4.94. The summed E-state index contributed by atoms with van der Waals surface area (Å²) >= 11 is 0. The summed E-state index contributed by atoms with van der Waals surface area (Å²) in [6.07, 6.45) is 1.60. The van der Waals surface area contributed by atoms with Gasteiger partial charge < -0.3 is 15.0 Å². The molecule has 1 N–H and O–H groups in total. The van der Waals surface area contributed by atoms with Crippen LogP contribution in [0.4, 0.5) is 5.69 Å². The Kier molecular flexibility index (Phi) is 7.55. The molecule has 9 heteroatoms. The lowest BCUT2D eigenvalue weighted by atomic mass is 10.1. The first-order chi connectivity index (χ1) is 15.8. The first-order valence-corrected chi connectivity index (χ1v) is 10.6. The van der Waals surface area contributed by atoms with Crippen LogP contribution in [0.25, 0.3) is 10.8 Å². The highest BCUT2D eigenvalue weighted by atomic mass is 16.5. The molecule has 0 unspecified atom stereocenters. The molecule has 0 atom stereocenters. The topological polar surface area (TPSA) is 111 Å². The van der Waals surface area contributed by atoms with Crippen LogP contribution in [0.5, 0.6) is 0 Å². The van der Waals surface area contributed by atoms with E-state index in [2.05, 4.69) is 10.4 Å². The van der Waals surface area contributed by atoms with Crippen molar-refractivity contribution in [2.45, 2.75) is 26.3 Å². The van der Waals surface area contributed by atoms with E-state index in [1.165, 1.54) is 9.58 Å². The Hall–Kier alpha value is -4.01. The number of hydrogen-bond donors (Lipinski definition) is 1. The summed E-state index contributed by atoms with van der Waals surface area (Å²) in [5, 5.41) is 7.56. The Balaban J connectivity index is 1.70. The third kappa shape index (κ3) is 5.62. The van der Waals surface area contributed by atoms with Gasteiger partial charge in [0.2, 0.25) is 0 Å². The van der Waals surface area contributed by atoms with Crippen molar-refractivity contribution in [1.29, 1.82) is 0 Å². The quantitative estimate of drug-likeness (QED) is 0.529. The van der Waals surface area contributed by atoms with Crippen LogP contribution in [-0.4, -0.2) is 53.2 Å². The molecule has 1 aromatic heterocycles. The zero-order chi connectivity index (χ0) is 24.0. The zero-order valence-corrected chi connectivity index (χ0v) is 18.8. The third-order valence-electron chi connectivity index (χ3n) is 4.94. The number of unbranched alkanes of at least 4 members (excludes halogenated alkanes) is 1. The van der Waals surface area contributed by atoms with E-state index in [-0.39, 0.29) is 17.2 Å². The van der Waals surface area contributed by atoms with Crippen LogP contribution in [-0.2, 0) is 16.1 Å². The second-order valence-electron chi connectivity index (χ2n) is 7.68. The summed E-state index contributed by atoms with van der Waals surface area (Å²) in [6, 6.07) is 13.1. The molecule has 0 aliphatic carbocycles. The van der Waals surface area contributed by atoms with Crippen molar-refractivity contribution in [2.24, 2.45) is 0 Å². The van der Waals surface area contributed by atoms with E-state index < -0.39 is 18.5 Å². The number of nitrogens with zero attached hydrogens (tertiary/aromatic N) is 3. The maximum atomic E-state index is 12.7. The monoisotopic (exact) mass is 450 g/mol. The first-order valence-electron chi connectivity index (χ1n) is 10.6. The van der Waals surface area contributed by atoms with E-state index in [0.717, 1.165) is 12.8 Å². The molecule has 0 fully saturated rings. The number of nitrogens with one attached hydrogen (secondary N) is 1. The highest BCUT2D eigenvalue weighted by Gasteiger charge is 2.19.